The smallest absolute Gasteiger partial charge is 0.267 e. The van der Waals surface area contributed by atoms with Crippen LogP contribution in [0.5, 0.6) is 0 Å². The Morgan fingerprint density at radius 2 is 1.96 bits per heavy atom. The number of hydrogen-bond donors (Lipinski definition) is 1. The van der Waals surface area contributed by atoms with E-state index in [1.807, 2.05) is 13.0 Å². The van der Waals surface area contributed by atoms with Crippen LogP contribution < -0.4 is 10.9 Å². The molecule has 1 saturated carbocycles. The molecule has 2 heterocycles. The normalized spacial score (nSPS) is 20.7. The van der Waals surface area contributed by atoms with Gasteiger partial charge in [-0.1, -0.05) is 0 Å². The summed E-state index contributed by atoms with van der Waals surface area (Å²) in [4.78, 5) is 20.1. The monoisotopic (exact) mass is 310 g/mol. The first-order valence-corrected chi connectivity index (χ1v) is 7.71. The zero-order valence-corrected chi connectivity index (χ0v) is 12.9. The molecule has 2 aromatic heterocycles. The van der Waals surface area contributed by atoms with E-state index in [1.165, 1.54) is 6.20 Å². The lowest BCUT2D eigenvalue weighted by Gasteiger charge is -2.29. The van der Waals surface area contributed by atoms with E-state index in [0.717, 1.165) is 31.4 Å². The molecule has 0 bridgehead atoms. The van der Waals surface area contributed by atoms with E-state index in [1.54, 1.807) is 23.0 Å². The molecular formula is C16H18N6O. The zero-order valence-electron chi connectivity index (χ0n) is 12.9. The molecule has 0 atom stereocenters. The Labute approximate surface area is 134 Å². The number of nitriles is 1. The summed E-state index contributed by atoms with van der Waals surface area (Å²) in [6, 6.07) is 5.73. The second-order valence-electron chi connectivity index (χ2n) is 5.77. The molecule has 3 rings (SSSR count). The van der Waals surface area contributed by atoms with E-state index < -0.39 is 0 Å². The predicted octanol–water partition coefficient (Wildman–Crippen LogP) is 1.81. The van der Waals surface area contributed by atoms with Crippen molar-refractivity contribution < 1.29 is 0 Å². The summed E-state index contributed by atoms with van der Waals surface area (Å²) in [5.74, 6) is 0.532. The van der Waals surface area contributed by atoms with Gasteiger partial charge in [0.15, 0.2) is 11.5 Å². The molecule has 0 aromatic carbocycles. The largest absolute Gasteiger partial charge is 0.365 e. The van der Waals surface area contributed by atoms with E-state index in [9.17, 15) is 4.79 Å². The molecule has 7 heteroatoms. The van der Waals surface area contributed by atoms with Crippen LogP contribution in [0.1, 0.15) is 43.1 Å². The Balaban J connectivity index is 1.66. The molecule has 0 aliphatic heterocycles. The minimum Gasteiger partial charge on any atom is -0.365 e. The van der Waals surface area contributed by atoms with Gasteiger partial charge in [0.05, 0.1) is 11.7 Å². The third-order valence-corrected chi connectivity index (χ3v) is 4.15. The molecule has 1 aliphatic rings. The minimum absolute atomic E-state index is 0.0484. The molecule has 1 fully saturated rings. The van der Waals surface area contributed by atoms with Gasteiger partial charge in [-0.05, 0) is 38.7 Å². The Kier molecular flexibility index (Phi) is 4.33. The first kappa shape index (κ1) is 15.2. The van der Waals surface area contributed by atoms with Crippen molar-refractivity contribution in [2.75, 3.05) is 5.32 Å². The Hall–Kier alpha value is -2.75. The fourth-order valence-electron chi connectivity index (χ4n) is 2.97. The Bertz CT molecular complexity index is 786. The molecule has 0 radical (unpaired) electrons. The van der Waals surface area contributed by atoms with Crippen molar-refractivity contribution in [3.8, 4) is 6.07 Å². The summed E-state index contributed by atoms with van der Waals surface area (Å²) in [6.45, 7) is 1.89. The number of rotatable bonds is 3. The molecule has 23 heavy (non-hydrogen) atoms. The van der Waals surface area contributed by atoms with Crippen LogP contribution in [0.25, 0.3) is 0 Å². The van der Waals surface area contributed by atoms with Crippen LogP contribution in [0, 0.1) is 18.3 Å². The van der Waals surface area contributed by atoms with Crippen LogP contribution in [0.2, 0.25) is 0 Å². The lowest BCUT2D eigenvalue weighted by molar-refractivity contribution is 0.302. The van der Waals surface area contributed by atoms with Crippen LogP contribution in [-0.2, 0) is 0 Å². The minimum atomic E-state index is -0.0484. The summed E-state index contributed by atoms with van der Waals surface area (Å²) in [6.07, 6.45) is 6.62. The molecule has 0 saturated heterocycles. The van der Waals surface area contributed by atoms with Gasteiger partial charge >= 0.3 is 0 Å². The van der Waals surface area contributed by atoms with Gasteiger partial charge in [0, 0.05) is 24.5 Å². The van der Waals surface area contributed by atoms with Gasteiger partial charge < -0.3 is 5.32 Å². The maximum Gasteiger partial charge on any atom is 0.267 e. The van der Waals surface area contributed by atoms with Crippen molar-refractivity contribution in [2.45, 2.75) is 44.7 Å². The van der Waals surface area contributed by atoms with Crippen LogP contribution in [0.15, 0.2) is 29.3 Å². The van der Waals surface area contributed by atoms with Crippen molar-refractivity contribution in [3.63, 3.8) is 0 Å². The van der Waals surface area contributed by atoms with Gasteiger partial charge in [-0.25, -0.2) is 14.6 Å². The van der Waals surface area contributed by atoms with Crippen molar-refractivity contribution in [3.05, 3.63) is 46.3 Å². The Morgan fingerprint density at radius 3 is 2.70 bits per heavy atom. The molecular weight excluding hydrogens is 292 g/mol. The molecule has 1 N–H and O–H groups in total. The highest BCUT2D eigenvalue weighted by molar-refractivity contribution is 5.47. The molecule has 0 amide bonds. The lowest BCUT2D eigenvalue weighted by atomic mass is 9.91. The fraction of sp³-hybridized carbons (Fsp3) is 0.438. The van der Waals surface area contributed by atoms with Crippen molar-refractivity contribution in [1.82, 2.24) is 19.7 Å². The summed E-state index contributed by atoms with van der Waals surface area (Å²) < 4.78 is 1.61. The summed E-state index contributed by atoms with van der Waals surface area (Å²) in [7, 11) is 0. The quantitative estimate of drug-likeness (QED) is 0.928. The highest BCUT2D eigenvalue weighted by Gasteiger charge is 2.24. The first-order valence-electron chi connectivity index (χ1n) is 7.71. The number of nitrogens with one attached hydrogen (secondary N) is 1. The highest BCUT2D eigenvalue weighted by Crippen LogP contribution is 2.28. The second kappa shape index (κ2) is 6.57. The van der Waals surface area contributed by atoms with Gasteiger partial charge in [-0.2, -0.15) is 10.4 Å². The highest BCUT2D eigenvalue weighted by atomic mass is 16.1. The standard InChI is InChI=1S/C16H18N6O/c1-11-2-7-15(23)22(21-11)13-5-3-12(4-6-13)20-16-14(10-17)18-8-9-19-16/h2,7-9,12-13H,3-6H2,1H3,(H,19,20). The van der Waals surface area contributed by atoms with Crippen molar-refractivity contribution in [1.29, 1.82) is 5.26 Å². The van der Waals surface area contributed by atoms with Gasteiger partial charge in [-0.15, -0.1) is 0 Å². The second-order valence-corrected chi connectivity index (χ2v) is 5.77. The van der Waals surface area contributed by atoms with E-state index in [0.29, 0.717) is 11.5 Å². The van der Waals surface area contributed by atoms with Gasteiger partial charge in [0.25, 0.3) is 5.56 Å². The average Bonchev–Trinajstić information content (AvgIpc) is 2.58. The summed E-state index contributed by atoms with van der Waals surface area (Å²) >= 11 is 0. The number of anilines is 1. The molecule has 118 valence electrons. The van der Waals surface area contributed by atoms with E-state index in [2.05, 4.69) is 20.4 Å². The van der Waals surface area contributed by atoms with Crippen LogP contribution in [0.4, 0.5) is 5.82 Å². The van der Waals surface area contributed by atoms with Crippen LogP contribution >= 0.6 is 0 Å². The van der Waals surface area contributed by atoms with Gasteiger partial charge in [0.1, 0.15) is 6.07 Å². The molecule has 2 aromatic rings. The SMILES string of the molecule is Cc1ccc(=O)n(C2CCC(Nc3nccnc3C#N)CC2)n1. The maximum absolute atomic E-state index is 12.0. The van der Waals surface area contributed by atoms with E-state index >= 15 is 0 Å². The molecule has 0 unspecified atom stereocenters. The number of nitrogens with zero attached hydrogens (tertiary/aromatic N) is 5. The van der Waals surface area contributed by atoms with Gasteiger partial charge in [0.2, 0.25) is 0 Å². The topological polar surface area (TPSA) is 96.5 Å². The lowest BCUT2D eigenvalue weighted by Crippen LogP contribution is -2.33. The van der Waals surface area contributed by atoms with Gasteiger partial charge in [-0.3, -0.25) is 4.79 Å². The van der Waals surface area contributed by atoms with Crippen LogP contribution in [0.3, 0.4) is 0 Å². The maximum atomic E-state index is 12.0. The first-order chi connectivity index (χ1) is 11.2. The molecule has 1 aliphatic carbocycles. The van der Waals surface area contributed by atoms with E-state index in [-0.39, 0.29) is 17.6 Å². The third-order valence-electron chi connectivity index (χ3n) is 4.15. The summed E-state index contributed by atoms with van der Waals surface area (Å²) in [5.41, 5.74) is 1.11. The van der Waals surface area contributed by atoms with E-state index in [4.69, 9.17) is 5.26 Å². The van der Waals surface area contributed by atoms with Crippen LogP contribution in [-0.4, -0.2) is 25.8 Å². The Morgan fingerprint density at radius 1 is 1.22 bits per heavy atom. The zero-order chi connectivity index (χ0) is 16.2. The predicted molar refractivity (Wildman–Crippen MR) is 84.9 cm³/mol. The fourth-order valence-corrected chi connectivity index (χ4v) is 2.97. The summed E-state index contributed by atoms with van der Waals surface area (Å²) in [5, 5.41) is 16.7. The third kappa shape index (κ3) is 3.37. The molecule has 0 spiro atoms. The van der Waals surface area contributed by atoms with Crippen molar-refractivity contribution in [2.24, 2.45) is 0 Å². The number of hydrogen-bond acceptors (Lipinski definition) is 6. The molecule has 7 nitrogen and oxygen atoms in total. The number of aromatic nitrogens is 4. The number of aryl methyl sites for hydroxylation is 1. The average molecular weight is 310 g/mol. The van der Waals surface area contributed by atoms with Crippen molar-refractivity contribution >= 4 is 5.82 Å².